The number of nitriles is 1. The van der Waals surface area contributed by atoms with E-state index in [0.29, 0.717) is 22.5 Å². The van der Waals surface area contributed by atoms with Gasteiger partial charge in [-0.15, -0.1) is 0 Å². The third kappa shape index (κ3) is 4.98. The van der Waals surface area contributed by atoms with Crippen molar-refractivity contribution in [1.29, 1.82) is 5.26 Å². The molecule has 1 amide bonds. The quantitative estimate of drug-likeness (QED) is 0.636. The number of carbonyl (C=O) groups excluding carboxylic acids is 2. The van der Waals surface area contributed by atoms with Crippen LogP contribution in [0.15, 0.2) is 60.7 Å². The van der Waals surface area contributed by atoms with E-state index < -0.39 is 18.5 Å². The summed E-state index contributed by atoms with van der Waals surface area (Å²) in [5, 5.41) is 11.6. The molecule has 0 atom stereocenters. The van der Waals surface area contributed by atoms with Gasteiger partial charge in [0.1, 0.15) is 6.07 Å². The minimum atomic E-state index is -0.636. The van der Waals surface area contributed by atoms with Crippen molar-refractivity contribution in [3.63, 3.8) is 0 Å². The Morgan fingerprint density at radius 3 is 2.55 bits per heavy atom. The maximum Gasteiger partial charge on any atom is 0.340 e. The number of ether oxygens (including phenoxy) is 1. The lowest BCUT2D eigenvalue weighted by Gasteiger charge is -2.09. The van der Waals surface area contributed by atoms with Gasteiger partial charge < -0.3 is 10.1 Å². The van der Waals surface area contributed by atoms with E-state index in [1.54, 1.807) is 25.1 Å². The molecule has 0 fully saturated rings. The average Bonchev–Trinajstić information content (AvgIpc) is 2.73. The van der Waals surface area contributed by atoms with Gasteiger partial charge in [0.05, 0.1) is 27.5 Å². The molecule has 6 nitrogen and oxygen atoms in total. The number of benzene rings is 2. The number of nitrogens with zero attached hydrogens (tertiary/aromatic N) is 2. The van der Waals surface area contributed by atoms with Crippen LogP contribution >= 0.6 is 11.6 Å². The third-order valence-corrected chi connectivity index (χ3v) is 4.40. The number of nitrogens with one attached hydrogen (secondary N) is 1. The largest absolute Gasteiger partial charge is 0.452 e. The van der Waals surface area contributed by atoms with Crippen molar-refractivity contribution < 1.29 is 14.3 Å². The summed E-state index contributed by atoms with van der Waals surface area (Å²) in [5.74, 6) is -1.16. The van der Waals surface area contributed by atoms with E-state index in [0.717, 1.165) is 11.3 Å². The Bertz CT molecular complexity index is 1110. The number of esters is 1. The van der Waals surface area contributed by atoms with Gasteiger partial charge in [-0.25, -0.2) is 4.79 Å². The third-order valence-electron chi connectivity index (χ3n) is 4.08. The molecule has 0 radical (unpaired) electrons. The van der Waals surface area contributed by atoms with Crippen LogP contribution in [0.25, 0.3) is 11.3 Å². The Hall–Kier alpha value is -3.69. The predicted octanol–water partition coefficient (Wildman–Crippen LogP) is 4.38. The predicted molar refractivity (Wildman–Crippen MR) is 109 cm³/mol. The molecule has 3 rings (SSSR count). The number of amides is 1. The van der Waals surface area contributed by atoms with Crippen LogP contribution in [0.2, 0.25) is 5.02 Å². The molecule has 29 heavy (non-hydrogen) atoms. The lowest BCUT2D eigenvalue weighted by atomic mass is 10.1. The highest BCUT2D eigenvalue weighted by molar-refractivity contribution is 6.32. The molecule has 1 N–H and O–H groups in total. The number of anilines is 1. The van der Waals surface area contributed by atoms with Gasteiger partial charge in [-0.1, -0.05) is 41.9 Å². The first-order valence-electron chi connectivity index (χ1n) is 8.67. The number of carbonyl (C=O) groups is 2. The zero-order valence-corrected chi connectivity index (χ0v) is 16.2. The SMILES string of the molecule is Cc1nc(-c2ccccc2)ccc1C(=O)OCC(=O)Nc1ccc(C#N)c(Cl)c1. The van der Waals surface area contributed by atoms with Crippen LogP contribution in [0, 0.1) is 18.3 Å². The summed E-state index contributed by atoms with van der Waals surface area (Å²) in [6.07, 6.45) is 0. The van der Waals surface area contributed by atoms with Gasteiger partial charge in [0, 0.05) is 11.3 Å². The van der Waals surface area contributed by atoms with E-state index in [1.807, 2.05) is 36.4 Å². The molecule has 0 bridgehead atoms. The van der Waals surface area contributed by atoms with Crippen LogP contribution in [0.5, 0.6) is 0 Å². The zero-order valence-electron chi connectivity index (χ0n) is 15.5. The lowest BCUT2D eigenvalue weighted by molar-refractivity contribution is -0.119. The first-order chi connectivity index (χ1) is 14.0. The van der Waals surface area contributed by atoms with Gasteiger partial charge in [-0.3, -0.25) is 9.78 Å². The summed E-state index contributed by atoms with van der Waals surface area (Å²) in [4.78, 5) is 28.8. The highest BCUT2D eigenvalue weighted by Gasteiger charge is 2.15. The van der Waals surface area contributed by atoms with Crippen LogP contribution in [-0.4, -0.2) is 23.5 Å². The van der Waals surface area contributed by atoms with Crippen molar-refractivity contribution in [2.75, 3.05) is 11.9 Å². The lowest BCUT2D eigenvalue weighted by Crippen LogP contribution is -2.21. The Morgan fingerprint density at radius 1 is 1.14 bits per heavy atom. The normalized spacial score (nSPS) is 10.1. The van der Waals surface area contributed by atoms with Gasteiger partial charge in [-0.05, 0) is 37.3 Å². The molecule has 2 aromatic carbocycles. The molecule has 0 saturated heterocycles. The minimum absolute atomic E-state index is 0.225. The van der Waals surface area contributed by atoms with Gasteiger partial charge in [0.25, 0.3) is 5.91 Å². The van der Waals surface area contributed by atoms with Crippen molar-refractivity contribution in [2.45, 2.75) is 6.92 Å². The molecule has 0 unspecified atom stereocenters. The molecule has 0 spiro atoms. The number of rotatable bonds is 5. The van der Waals surface area contributed by atoms with E-state index in [-0.39, 0.29) is 5.02 Å². The average molecular weight is 406 g/mol. The van der Waals surface area contributed by atoms with Crippen molar-refractivity contribution >= 4 is 29.2 Å². The number of pyridine rings is 1. The fourth-order valence-corrected chi connectivity index (χ4v) is 2.86. The summed E-state index contributed by atoms with van der Waals surface area (Å²) < 4.78 is 5.09. The molecular weight excluding hydrogens is 390 g/mol. The van der Waals surface area contributed by atoms with E-state index in [4.69, 9.17) is 21.6 Å². The summed E-state index contributed by atoms with van der Waals surface area (Å²) in [6, 6.07) is 19.4. The van der Waals surface area contributed by atoms with Gasteiger partial charge in [-0.2, -0.15) is 5.26 Å². The fraction of sp³-hybridized carbons (Fsp3) is 0.0909. The number of aryl methyl sites for hydroxylation is 1. The van der Waals surface area contributed by atoms with E-state index in [9.17, 15) is 9.59 Å². The molecule has 0 aliphatic rings. The summed E-state index contributed by atoms with van der Waals surface area (Å²) >= 11 is 5.93. The Balaban J connectivity index is 1.61. The highest BCUT2D eigenvalue weighted by atomic mass is 35.5. The molecule has 7 heteroatoms. The van der Waals surface area contributed by atoms with Crippen molar-refractivity contribution in [1.82, 2.24) is 4.98 Å². The first-order valence-corrected chi connectivity index (χ1v) is 9.05. The molecule has 1 heterocycles. The van der Waals surface area contributed by atoms with Gasteiger partial charge in [0.2, 0.25) is 0 Å². The van der Waals surface area contributed by atoms with E-state index in [2.05, 4.69) is 10.3 Å². The summed E-state index contributed by atoms with van der Waals surface area (Å²) in [6.45, 7) is 1.25. The Morgan fingerprint density at radius 2 is 1.90 bits per heavy atom. The molecule has 0 aliphatic heterocycles. The zero-order chi connectivity index (χ0) is 20.8. The maximum absolute atomic E-state index is 12.3. The van der Waals surface area contributed by atoms with Crippen molar-refractivity contribution in [3.05, 3.63) is 82.5 Å². The molecule has 1 aromatic heterocycles. The van der Waals surface area contributed by atoms with Crippen LogP contribution in [0.4, 0.5) is 5.69 Å². The van der Waals surface area contributed by atoms with E-state index in [1.165, 1.54) is 12.1 Å². The number of aromatic nitrogens is 1. The molecule has 3 aromatic rings. The van der Waals surface area contributed by atoms with Crippen LogP contribution in [-0.2, 0) is 9.53 Å². The number of hydrogen-bond donors (Lipinski definition) is 1. The standard InChI is InChI=1S/C22H16ClN3O3/c1-14-18(9-10-20(25-14)15-5-3-2-4-6-15)22(28)29-13-21(27)26-17-8-7-16(12-24)19(23)11-17/h2-11H,13H2,1H3,(H,26,27). The van der Waals surface area contributed by atoms with Crippen LogP contribution in [0.3, 0.4) is 0 Å². The first kappa shape index (κ1) is 20.1. The molecule has 144 valence electrons. The fourth-order valence-electron chi connectivity index (χ4n) is 2.64. The second-order valence-electron chi connectivity index (χ2n) is 6.13. The van der Waals surface area contributed by atoms with Crippen molar-refractivity contribution in [3.8, 4) is 17.3 Å². The van der Waals surface area contributed by atoms with E-state index >= 15 is 0 Å². The Labute approximate surface area is 172 Å². The van der Waals surface area contributed by atoms with Crippen molar-refractivity contribution in [2.24, 2.45) is 0 Å². The second kappa shape index (κ2) is 9.00. The van der Waals surface area contributed by atoms with Gasteiger partial charge >= 0.3 is 5.97 Å². The molecule has 0 aliphatic carbocycles. The molecular formula is C22H16ClN3O3. The number of halogens is 1. The maximum atomic E-state index is 12.3. The summed E-state index contributed by atoms with van der Waals surface area (Å²) in [7, 11) is 0. The monoisotopic (exact) mass is 405 g/mol. The Kier molecular flexibility index (Phi) is 6.22. The molecule has 0 saturated carbocycles. The topological polar surface area (TPSA) is 92.1 Å². The minimum Gasteiger partial charge on any atom is -0.452 e. The highest BCUT2D eigenvalue weighted by Crippen LogP contribution is 2.21. The van der Waals surface area contributed by atoms with Crippen LogP contribution in [0.1, 0.15) is 21.6 Å². The number of hydrogen-bond acceptors (Lipinski definition) is 5. The smallest absolute Gasteiger partial charge is 0.340 e. The van der Waals surface area contributed by atoms with Crippen LogP contribution < -0.4 is 5.32 Å². The summed E-state index contributed by atoms with van der Waals surface area (Å²) in [5.41, 5.74) is 3.19. The van der Waals surface area contributed by atoms with Gasteiger partial charge in [0.15, 0.2) is 6.61 Å². The second-order valence-corrected chi connectivity index (χ2v) is 6.53.